The SMILES string of the molecule is Cc1nc([C@@H]2CN(C(=O)c3cnsn3)C[C@H]2C2CC2)n[nH]1. The highest BCUT2D eigenvalue weighted by atomic mass is 32.1. The summed E-state index contributed by atoms with van der Waals surface area (Å²) in [4.78, 5) is 18.8. The van der Waals surface area contributed by atoms with Gasteiger partial charge in [-0.15, -0.1) is 0 Å². The van der Waals surface area contributed by atoms with Crippen molar-refractivity contribution in [1.82, 2.24) is 28.8 Å². The molecule has 0 bridgehead atoms. The van der Waals surface area contributed by atoms with Crippen molar-refractivity contribution in [1.29, 1.82) is 0 Å². The molecular weight excluding hydrogens is 288 g/mol. The Morgan fingerprint density at radius 1 is 1.43 bits per heavy atom. The Morgan fingerprint density at radius 3 is 2.90 bits per heavy atom. The number of carbonyl (C=O) groups excluding carboxylic acids is 1. The molecule has 0 unspecified atom stereocenters. The molecule has 2 fully saturated rings. The summed E-state index contributed by atoms with van der Waals surface area (Å²) in [5.41, 5.74) is 0.446. The lowest BCUT2D eigenvalue weighted by Gasteiger charge is -2.14. The Hall–Kier alpha value is -1.83. The molecule has 4 rings (SSSR count). The lowest BCUT2D eigenvalue weighted by Crippen LogP contribution is -2.29. The number of hydrogen-bond acceptors (Lipinski definition) is 6. The van der Waals surface area contributed by atoms with Crippen molar-refractivity contribution in [3.63, 3.8) is 0 Å². The van der Waals surface area contributed by atoms with Crippen LogP contribution in [0.4, 0.5) is 0 Å². The maximum absolute atomic E-state index is 12.5. The zero-order chi connectivity index (χ0) is 14.4. The number of hydrogen-bond donors (Lipinski definition) is 1. The highest BCUT2D eigenvalue weighted by Crippen LogP contribution is 2.47. The fraction of sp³-hybridized carbons (Fsp3) is 0.615. The number of amides is 1. The molecule has 2 aliphatic rings. The lowest BCUT2D eigenvalue weighted by molar-refractivity contribution is 0.0780. The Balaban J connectivity index is 1.58. The lowest BCUT2D eigenvalue weighted by atomic mass is 9.91. The summed E-state index contributed by atoms with van der Waals surface area (Å²) in [6.45, 7) is 3.36. The molecule has 1 amide bonds. The van der Waals surface area contributed by atoms with E-state index in [-0.39, 0.29) is 11.8 Å². The predicted molar refractivity (Wildman–Crippen MR) is 75.9 cm³/mol. The summed E-state index contributed by atoms with van der Waals surface area (Å²) in [6, 6.07) is 0. The van der Waals surface area contributed by atoms with Crippen LogP contribution in [0.3, 0.4) is 0 Å². The van der Waals surface area contributed by atoms with E-state index in [1.54, 1.807) is 6.20 Å². The van der Waals surface area contributed by atoms with Crippen molar-refractivity contribution in [3.8, 4) is 0 Å². The van der Waals surface area contributed by atoms with Crippen molar-refractivity contribution < 1.29 is 4.79 Å². The third-order valence-corrected chi connectivity index (χ3v) is 4.88. The number of rotatable bonds is 3. The number of likely N-dealkylation sites (tertiary alicyclic amines) is 1. The fourth-order valence-corrected chi connectivity index (χ4v) is 3.62. The number of carbonyl (C=O) groups is 1. The molecule has 1 saturated heterocycles. The Morgan fingerprint density at radius 2 is 2.29 bits per heavy atom. The first-order valence-corrected chi connectivity index (χ1v) is 7.91. The highest BCUT2D eigenvalue weighted by Gasteiger charge is 2.46. The Bertz CT molecular complexity index is 649. The van der Waals surface area contributed by atoms with Crippen LogP contribution in [0.5, 0.6) is 0 Å². The van der Waals surface area contributed by atoms with Crippen LogP contribution < -0.4 is 0 Å². The van der Waals surface area contributed by atoms with Gasteiger partial charge in [-0.05, 0) is 31.6 Å². The largest absolute Gasteiger partial charge is 0.336 e. The van der Waals surface area contributed by atoms with Gasteiger partial charge in [-0.1, -0.05) is 0 Å². The van der Waals surface area contributed by atoms with E-state index in [1.807, 2.05) is 11.8 Å². The molecule has 0 spiro atoms. The van der Waals surface area contributed by atoms with E-state index in [0.717, 1.165) is 29.9 Å². The average molecular weight is 304 g/mol. The quantitative estimate of drug-likeness (QED) is 0.921. The van der Waals surface area contributed by atoms with Crippen LogP contribution in [-0.2, 0) is 0 Å². The number of aryl methyl sites for hydroxylation is 1. The Labute approximate surface area is 126 Å². The van der Waals surface area contributed by atoms with Gasteiger partial charge in [0.2, 0.25) is 0 Å². The molecule has 2 aromatic heterocycles. The van der Waals surface area contributed by atoms with Crippen LogP contribution in [0, 0.1) is 18.8 Å². The fourth-order valence-electron chi connectivity index (χ4n) is 3.22. The summed E-state index contributed by atoms with van der Waals surface area (Å²) < 4.78 is 7.97. The number of aromatic nitrogens is 5. The second-order valence-corrected chi connectivity index (χ2v) is 6.45. The van der Waals surface area contributed by atoms with E-state index in [9.17, 15) is 4.79 Å². The normalized spacial score (nSPS) is 25.5. The van der Waals surface area contributed by atoms with Crippen molar-refractivity contribution >= 4 is 17.6 Å². The zero-order valence-corrected chi connectivity index (χ0v) is 12.5. The van der Waals surface area contributed by atoms with E-state index in [0.29, 0.717) is 24.1 Å². The number of nitrogens with zero attached hydrogens (tertiary/aromatic N) is 5. The second-order valence-electron chi connectivity index (χ2n) is 5.89. The number of aromatic amines is 1. The van der Waals surface area contributed by atoms with Gasteiger partial charge >= 0.3 is 0 Å². The van der Waals surface area contributed by atoms with Gasteiger partial charge in [0.1, 0.15) is 5.82 Å². The third kappa shape index (κ3) is 2.33. The number of H-pyrrole nitrogens is 1. The molecule has 3 heterocycles. The van der Waals surface area contributed by atoms with E-state index < -0.39 is 0 Å². The van der Waals surface area contributed by atoms with Gasteiger partial charge in [0.15, 0.2) is 11.5 Å². The zero-order valence-electron chi connectivity index (χ0n) is 11.7. The maximum Gasteiger partial charge on any atom is 0.275 e. The van der Waals surface area contributed by atoms with Crippen molar-refractivity contribution in [3.05, 3.63) is 23.5 Å². The van der Waals surface area contributed by atoms with Gasteiger partial charge in [-0.25, -0.2) is 4.98 Å². The highest BCUT2D eigenvalue weighted by molar-refractivity contribution is 6.99. The molecule has 8 heteroatoms. The van der Waals surface area contributed by atoms with E-state index in [1.165, 1.54) is 12.8 Å². The topological polar surface area (TPSA) is 87.7 Å². The maximum atomic E-state index is 12.5. The molecule has 0 radical (unpaired) electrons. The predicted octanol–water partition coefficient (Wildman–Crippen LogP) is 1.23. The third-order valence-electron chi connectivity index (χ3n) is 4.41. The van der Waals surface area contributed by atoms with Crippen LogP contribution in [0.2, 0.25) is 0 Å². The minimum Gasteiger partial charge on any atom is -0.336 e. The van der Waals surface area contributed by atoms with Crippen LogP contribution in [0.15, 0.2) is 6.20 Å². The van der Waals surface area contributed by atoms with Crippen LogP contribution >= 0.6 is 11.7 Å². The molecule has 110 valence electrons. The molecule has 1 aliphatic heterocycles. The molecule has 21 heavy (non-hydrogen) atoms. The molecule has 1 aliphatic carbocycles. The van der Waals surface area contributed by atoms with Crippen molar-refractivity contribution in [2.45, 2.75) is 25.7 Å². The summed E-state index contributed by atoms with van der Waals surface area (Å²) in [7, 11) is 0. The monoisotopic (exact) mass is 304 g/mol. The minimum absolute atomic E-state index is 0.0239. The summed E-state index contributed by atoms with van der Waals surface area (Å²) in [5.74, 6) is 3.06. The summed E-state index contributed by atoms with van der Waals surface area (Å²) in [6.07, 6.45) is 4.05. The first-order chi connectivity index (χ1) is 10.2. The number of nitrogens with one attached hydrogen (secondary N) is 1. The standard InChI is InChI=1S/C13H16N6OS/c1-7-15-12(17-16-7)10-6-19(5-9(10)8-2-3-8)13(20)11-4-14-21-18-11/h4,8-10H,2-3,5-6H2,1H3,(H,15,16,17)/t9-,10+/m0/s1. The smallest absolute Gasteiger partial charge is 0.275 e. The van der Waals surface area contributed by atoms with E-state index >= 15 is 0 Å². The van der Waals surface area contributed by atoms with Gasteiger partial charge in [-0.3, -0.25) is 9.89 Å². The van der Waals surface area contributed by atoms with Gasteiger partial charge in [0, 0.05) is 19.0 Å². The van der Waals surface area contributed by atoms with Gasteiger partial charge in [-0.2, -0.15) is 13.8 Å². The minimum atomic E-state index is -0.0239. The Kier molecular flexibility index (Phi) is 2.99. The summed E-state index contributed by atoms with van der Waals surface area (Å²) >= 11 is 1.07. The first kappa shape index (κ1) is 12.9. The molecule has 7 nitrogen and oxygen atoms in total. The molecule has 2 atom stereocenters. The van der Waals surface area contributed by atoms with Crippen molar-refractivity contribution in [2.75, 3.05) is 13.1 Å². The van der Waals surface area contributed by atoms with Gasteiger partial charge in [0.25, 0.3) is 5.91 Å². The van der Waals surface area contributed by atoms with E-state index in [2.05, 4.69) is 23.9 Å². The first-order valence-electron chi connectivity index (χ1n) is 7.18. The molecule has 2 aromatic rings. The van der Waals surface area contributed by atoms with Crippen molar-refractivity contribution in [2.24, 2.45) is 11.8 Å². The average Bonchev–Trinajstić information content (AvgIpc) is 2.94. The van der Waals surface area contributed by atoms with E-state index in [4.69, 9.17) is 0 Å². The van der Waals surface area contributed by atoms with Crippen LogP contribution in [0.1, 0.15) is 40.9 Å². The van der Waals surface area contributed by atoms with Crippen LogP contribution in [0.25, 0.3) is 0 Å². The second kappa shape index (κ2) is 4.87. The van der Waals surface area contributed by atoms with Crippen LogP contribution in [-0.4, -0.2) is 47.8 Å². The van der Waals surface area contributed by atoms with Gasteiger partial charge in [0.05, 0.1) is 17.9 Å². The molecular formula is C13H16N6OS. The molecule has 1 saturated carbocycles. The van der Waals surface area contributed by atoms with Gasteiger partial charge < -0.3 is 4.90 Å². The molecule has 1 N–H and O–H groups in total. The molecule has 0 aromatic carbocycles. The summed E-state index contributed by atoms with van der Waals surface area (Å²) in [5, 5.41) is 7.23.